The van der Waals surface area contributed by atoms with Gasteiger partial charge in [-0.25, -0.2) is 0 Å². The van der Waals surface area contributed by atoms with Gasteiger partial charge in [-0.05, 0) is 64.2 Å². The minimum Gasteiger partial charge on any atom is -0.321 e. The summed E-state index contributed by atoms with van der Waals surface area (Å²) in [5.74, 6) is 0. The van der Waals surface area contributed by atoms with Crippen LogP contribution in [0.1, 0.15) is 194 Å². The fraction of sp³-hybridized carbons (Fsp3) is 0.900. The van der Waals surface area contributed by atoms with Gasteiger partial charge < -0.3 is 13.5 Å². The van der Waals surface area contributed by atoms with E-state index in [-0.39, 0.29) is 0 Å². The highest BCUT2D eigenvalue weighted by atomic mass is 31.2. The highest BCUT2D eigenvalue weighted by Crippen LogP contribution is 2.49. The van der Waals surface area contributed by atoms with Crippen molar-refractivity contribution in [2.45, 2.75) is 194 Å². The molecule has 0 atom stereocenters. The summed E-state index contributed by atoms with van der Waals surface area (Å²) in [6, 6.07) is 0. The fourth-order valence-corrected chi connectivity index (χ4v) is 7.84. The lowest BCUT2D eigenvalue weighted by atomic mass is 10.1. The van der Waals surface area contributed by atoms with Crippen LogP contribution in [0.15, 0.2) is 24.3 Å². The van der Waals surface area contributed by atoms with E-state index in [2.05, 4.69) is 59.3 Å². The highest BCUT2D eigenvalue weighted by Gasteiger charge is 2.32. The molecule has 0 amide bonds. The van der Waals surface area contributed by atoms with Crippen LogP contribution in [0, 0.1) is 0 Å². The van der Waals surface area contributed by atoms with Crippen molar-refractivity contribution in [1.82, 2.24) is 0 Å². The maximum atomic E-state index is 13.5. The molecule has 0 aliphatic carbocycles. The van der Waals surface area contributed by atoms with Gasteiger partial charge in [0.05, 0.1) is 34.4 Å². The minimum absolute atomic E-state index is 0.436. The van der Waals surface area contributed by atoms with Gasteiger partial charge >= 0.3 is 7.60 Å². The molecule has 0 rings (SSSR count). The Kier molecular flexibility index (Phi) is 33.2. The third-order valence-corrected chi connectivity index (χ3v) is 10.8. The van der Waals surface area contributed by atoms with Crippen LogP contribution in [0.4, 0.5) is 0 Å². The molecule has 0 N–H and O–H groups in total. The van der Waals surface area contributed by atoms with Crippen LogP contribution in [0.3, 0.4) is 0 Å². The molecule has 0 aliphatic heterocycles. The summed E-state index contributed by atoms with van der Waals surface area (Å²) in [7, 11) is 3.12. The molecule has 0 saturated carbocycles. The second-order valence-electron chi connectivity index (χ2n) is 14.6. The average molecular weight is 655 g/mol. The van der Waals surface area contributed by atoms with Crippen molar-refractivity contribution in [2.75, 3.05) is 40.6 Å². The molecule has 0 aromatic carbocycles. The Morgan fingerprint density at radius 2 is 0.689 bits per heavy atom. The van der Waals surface area contributed by atoms with Gasteiger partial charge in [-0.3, -0.25) is 4.57 Å². The largest absolute Gasteiger partial charge is 0.384 e. The molecule has 0 aromatic heterocycles. The van der Waals surface area contributed by atoms with Gasteiger partial charge in [-0.1, -0.05) is 154 Å². The molecule has 0 unspecified atom stereocenters. The molecular formula is C40H81NO3P+. The molecule has 0 aliphatic rings. The predicted octanol–water partition coefficient (Wildman–Crippen LogP) is 14.0. The van der Waals surface area contributed by atoms with Gasteiger partial charge in [0.1, 0.15) is 0 Å². The molecule has 45 heavy (non-hydrogen) atoms. The molecule has 0 heterocycles. The Hall–Kier alpha value is -0.410. The molecule has 0 fully saturated rings. The van der Waals surface area contributed by atoms with Crippen molar-refractivity contribution in [1.29, 1.82) is 0 Å². The van der Waals surface area contributed by atoms with E-state index >= 15 is 0 Å². The Balaban J connectivity index is 3.78. The summed E-state index contributed by atoms with van der Waals surface area (Å²) in [6.07, 6.45) is 46.0. The maximum absolute atomic E-state index is 13.5. The monoisotopic (exact) mass is 655 g/mol. The molecule has 268 valence electrons. The fourth-order valence-electron chi connectivity index (χ4n) is 5.74. The van der Waals surface area contributed by atoms with Crippen molar-refractivity contribution in [3.63, 3.8) is 0 Å². The number of hydrogen-bond donors (Lipinski definition) is 0. The zero-order valence-electron chi connectivity index (χ0n) is 31.3. The van der Waals surface area contributed by atoms with E-state index in [4.69, 9.17) is 9.05 Å². The van der Waals surface area contributed by atoms with Gasteiger partial charge in [-0.15, -0.1) is 0 Å². The third-order valence-electron chi connectivity index (χ3n) is 8.49. The van der Waals surface area contributed by atoms with Gasteiger partial charge in [0, 0.05) is 0 Å². The molecule has 5 heteroatoms. The third kappa shape index (κ3) is 36.3. The summed E-state index contributed by atoms with van der Waals surface area (Å²) in [6.45, 7) is 5.65. The topological polar surface area (TPSA) is 35.5 Å². The van der Waals surface area contributed by atoms with Gasteiger partial charge in [0.25, 0.3) is 0 Å². The summed E-state index contributed by atoms with van der Waals surface area (Å²) in [5.41, 5.74) is 0. The number of allylic oxidation sites excluding steroid dienone is 4. The van der Waals surface area contributed by atoms with Crippen LogP contribution in [-0.4, -0.2) is 45.1 Å². The van der Waals surface area contributed by atoms with E-state index in [1.54, 1.807) is 0 Å². The van der Waals surface area contributed by atoms with Crippen LogP contribution < -0.4 is 0 Å². The molecular weight excluding hydrogens is 573 g/mol. The second-order valence-corrected chi connectivity index (χ2v) is 16.6. The molecule has 0 spiro atoms. The molecule has 0 aromatic rings. The first-order chi connectivity index (χ1) is 21.8. The van der Waals surface area contributed by atoms with Crippen LogP contribution in [-0.2, 0) is 13.6 Å². The molecule has 4 nitrogen and oxygen atoms in total. The van der Waals surface area contributed by atoms with E-state index in [1.165, 1.54) is 154 Å². The van der Waals surface area contributed by atoms with Crippen molar-refractivity contribution >= 4 is 7.60 Å². The number of nitrogens with zero attached hydrogens (tertiary/aromatic N) is 1. The first-order valence-corrected chi connectivity index (χ1v) is 21.5. The Labute approximate surface area is 283 Å². The zero-order chi connectivity index (χ0) is 33.2. The smallest absolute Gasteiger partial charge is 0.321 e. The minimum atomic E-state index is -3.06. The second kappa shape index (κ2) is 33.5. The summed E-state index contributed by atoms with van der Waals surface area (Å²) < 4.78 is 26.0. The van der Waals surface area contributed by atoms with E-state index in [9.17, 15) is 4.57 Å². The standard InChI is InChI=1S/C40H81NO3P/c1-6-8-10-12-14-16-18-20-22-24-26-28-30-32-34-36-38-43-45(42,40-41(3,4)5)44-39-37-35-33-31-29-27-25-23-21-19-17-15-13-11-9-7-2/h20-23H,6-19,24-40H2,1-5H3/q+1/b22-20+,23-21+. The van der Waals surface area contributed by atoms with Crippen molar-refractivity contribution < 1.29 is 18.1 Å². The van der Waals surface area contributed by atoms with Gasteiger partial charge in [0.2, 0.25) is 0 Å². The number of quaternary nitrogens is 1. The molecule has 0 radical (unpaired) electrons. The van der Waals surface area contributed by atoms with Crippen LogP contribution in [0.2, 0.25) is 0 Å². The summed E-state index contributed by atoms with van der Waals surface area (Å²) >= 11 is 0. The lowest BCUT2D eigenvalue weighted by Crippen LogP contribution is -2.36. The van der Waals surface area contributed by atoms with E-state index in [0.717, 1.165) is 25.7 Å². The molecule has 0 bridgehead atoms. The lowest BCUT2D eigenvalue weighted by Gasteiger charge is -2.28. The number of hydrogen-bond acceptors (Lipinski definition) is 3. The van der Waals surface area contributed by atoms with Crippen molar-refractivity contribution in [2.24, 2.45) is 0 Å². The van der Waals surface area contributed by atoms with Crippen molar-refractivity contribution in [3.05, 3.63) is 24.3 Å². The first-order valence-electron chi connectivity index (χ1n) is 19.8. The Morgan fingerprint density at radius 1 is 0.422 bits per heavy atom. The maximum Gasteiger partial charge on any atom is 0.384 e. The predicted molar refractivity (Wildman–Crippen MR) is 201 cm³/mol. The van der Waals surface area contributed by atoms with Gasteiger partial charge in [-0.2, -0.15) is 0 Å². The quantitative estimate of drug-likeness (QED) is 0.0292. The Bertz CT molecular complexity index is 652. The highest BCUT2D eigenvalue weighted by molar-refractivity contribution is 7.53. The zero-order valence-corrected chi connectivity index (χ0v) is 32.2. The number of unbranched alkanes of at least 4 members (excludes halogenated alkanes) is 24. The van der Waals surface area contributed by atoms with Crippen molar-refractivity contribution in [3.8, 4) is 0 Å². The van der Waals surface area contributed by atoms with E-state index in [0.29, 0.717) is 24.0 Å². The van der Waals surface area contributed by atoms with Crippen LogP contribution >= 0.6 is 7.60 Å². The summed E-state index contributed by atoms with van der Waals surface area (Å²) in [5, 5.41) is 0. The van der Waals surface area contributed by atoms with Gasteiger partial charge in [0.15, 0.2) is 6.29 Å². The van der Waals surface area contributed by atoms with Crippen LogP contribution in [0.25, 0.3) is 0 Å². The molecule has 0 saturated heterocycles. The SMILES string of the molecule is CCCCCCCC/C=C/CCCCCCCCOP(=O)(C[N+](C)(C)C)OCCCCCCCC/C=C/CCCCCCCC. The lowest BCUT2D eigenvalue weighted by molar-refractivity contribution is -0.859. The first kappa shape index (κ1) is 44.6. The average Bonchev–Trinajstić information content (AvgIpc) is 2.99. The van der Waals surface area contributed by atoms with E-state index in [1.807, 2.05) is 0 Å². The summed E-state index contributed by atoms with van der Waals surface area (Å²) in [4.78, 5) is 0. The van der Waals surface area contributed by atoms with Crippen LogP contribution in [0.5, 0.6) is 0 Å². The normalized spacial score (nSPS) is 12.7. The Morgan fingerprint density at radius 3 is 0.978 bits per heavy atom. The van der Waals surface area contributed by atoms with E-state index < -0.39 is 7.60 Å². The number of rotatable bonds is 36.